The van der Waals surface area contributed by atoms with Crippen molar-refractivity contribution in [1.82, 2.24) is 25.5 Å². The Labute approximate surface area is 121 Å². The first-order valence-electron chi connectivity index (χ1n) is 6.66. The van der Waals surface area contributed by atoms with Gasteiger partial charge in [-0.1, -0.05) is 6.92 Å². The van der Waals surface area contributed by atoms with E-state index in [-0.39, 0.29) is 24.1 Å². The molecule has 1 unspecified atom stereocenters. The third-order valence-electron chi connectivity index (χ3n) is 2.88. The van der Waals surface area contributed by atoms with E-state index in [4.69, 9.17) is 0 Å². The SMILES string of the molecule is CCNC(C)CC(=O)Nc1cc(-n2cnnn2)ccc1F. The van der Waals surface area contributed by atoms with Crippen LogP contribution in [0, 0.1) is 5.82 Å². The zero-order valence-electron chi connectivity index (χ0n) is 11.9. The summed E-state index contributed by atoms with van der Waals surface area (Å²) in [5.74, 6) is -0.757. The standard InChI is InChI=1S/C13H17FN6O/c1-3-15-9(2)6-13(21)17-12-7-10(4-5-11(12)14)20-8-16-18-19-20/h4-5,7-9,15H,3,6H2,1-2H3,(H,17,21). The molecule has 0 bridgehead atoms. The lowest BCUT2D eigenvalue weighted by Crippen LogP contribution is -2.30. The van der Waals surface area contributed by atoms with Crippen LogP contribution in [0.25, 0.3) is 5.69 Å². The van der Waals surface area contributed by atoms with Gasteiger partial charge in [-0.15, -0.1) is 5.10 Å². The molecule has 0 aliphatic rings. The average molecular weight is 292 g/mol. The van der Waals surface area contributed by atoms with Crippen LogP contribution in [0.5, 0.6) is 0 Å². The Bertz CT molecular complexity index is 601. The Balaban J connectivity index is 2.09. The summed E-state index contributed by atoms with van der Waals surface area (Å²) in [6.45, 7) is 4.64. The molecule has 0 radical (unpaired) electrons. The third-order valence-corrected chi connectivity index (χ3v) is 2.88. The number of rotatable bonds is 6. The molecule has 0 saturated carbocycles. The monoisotopic (exact) mass is 292 g/mol. The topological polar surface area (TPSA) is 84.7 Å². The van der Waals surface area contributed by atoms with Gasteiger partial charge in [-0.25, -0.2) is 9.07 Å². The molecular formula is C13H17FN6O. The van der Waals surface area contributed by atoms with Gasteiger partial charge in [-0.3, -0.25) is 4.79 Å². The van der Waals surface area contributed by atoms with Crippen LogP contribution in [-0.4, -0.2) is 38.7 Å². The van der Waals surface area contributed by atoms with Gasteiger partial charge in [0.15, 0.2) is 0 Å². The number of nitrogens with one attached hydrogen (secondary N) is 2. The number of benzene rings is 1. The summed E-state index contributed by atoms with van der Waals surface area (Å²) in [5.41, 5.74) is 0.674. The van der Waals surface area contributed by atoms with Crippen molar-refractivity contribution < 1.29 is 9.18 Å². The summed E-state index contributed by atoms with van der Waals surface area (Å²) in [4.78, 5) is 11.9. The van der Waals surface area contributed by atoms with E-state index in [1.807, 2.05) is 13.8 Å². The van der Waals surface area contributed by atoms with E-state index in [1.165, 1.54) is 29.2 Å². The molecule has 0 fully saturated rings. The molecule has 2 rings (SSSR count). The van der Waals surface area contributed by atoms with Gasteiger partial charge < -0.3 is 10.6 Å². The predicted molar refractivity (Wildman–Crippen MR) is 75.5 cm³/mol. The molecule has 1 aromatic heterocycles. The Morgan fingerprint density at radius 2 is 2.29 bits per heavy atom. The lowest BCUT2D eigenvalue weighted by molar-refractivity contribution is -0.116. The van der Waals surface area contributed by atoms with Crippen molar-refractivity contribution >= 4 is 11.6 Å². The van der Waals surface area contributed by atoms with E-state index in [2.05, 4.69) is 26.2 Å². The lowest BCUT2D eigenvalue weighted by atomic mass is 10.2. The minimum absolute atomic E-state index is 0.0285. The zero-order valence-corrected chi connectivity index (χ0v) is 11.9. The Hall–Kier alpha value is -2.35. The van der Waals surface area contributed by atoms with Gasteiger partial charge in [0.05, 0.1) is 11.4 Å². The van der Waals surface area contributed by atoms with Gasteiger partial charge in [0.1, 0.15) is 12.1 Å². The summed E-state index contributed by atoms with van der Waals surface area (Å²) < 4.78 is 15.2. The van der Waals surface area contributed by atoms with Crippen molar-refractivity contribution in [2.24, 2.45) is 0 Å². The van der Waals surface area contributed by atoms with Crippen LogP contribution < -0.4 is 10.6 Å². The van der Waals surface area contributed by atoms with E-state index < -0.39 is 5.82 Å². The molecule has 2 aromatic rings. The summed E-state index contributed by atoms with van der Waals surface area (Å²) >= 11 is 0. The molecule has 1 heterocycles. The predicted octanol–water partition coefficient (Wildman–Crippen LogP) is 1.13. The molecular weight excluding hydrogens is 275 g/mol. The maximum atomic E-state index is 13.8. The van der Waals surface area contributed by atoms with E-state index >= 15 is 0 Å². The van der Waals surface area contributed by atoms with Crippen molar-refractivity contribution in [2.45, 2.75) is 26.3 Å². The molecule has 2 N–H and O–H groups in total. The highest BCUT2D eigenvalue weighted by Gasteiger charge is 2.12. The fourth-order valence-electron chi connectivity index (χ4n) is 1.93. The molecule has 8 heteroatoms. The second-order valence-electron chi connectivity index (χ2n) is 4.63. The maximum absolute atomic E-state index is 13.8. The Morgan fingerprint density at radius 3 is 2.95 bits per heavy atom. The average Bonchev–Trinajstić information content (AvgIpc) is 2.95. The summed E-state index contributed by atoms with van der Waals surface area (Å²) in [5, 5.41) is 16.4. The molecule has 1 amide bonds. The number of carbonyl (C=O) groups excluding carboxylic acids is 1. The van der Waals surface area contributed by atoms with Crippen molar-refractivity contribution in [3.05, 3.63) is 30.3 Å². The summed E-state index contributed by atoms with van der Waals surface area (Å²) in [7, 11) is 0. The molecule has 112 valence electrons. The molecule has 1 aromatic carbocycles. The van der Waals surface area contributed by atoms with E-state index in [0.717, 1.165) is 6.54 Å². The number of hydrogen-bond acceptors (Lipinski definition) is 5. The van der Waals surface area contributed by atoms with Gasteiger partial charge in [-0.05, 0) is 42.1 Å². The highest BCUT2D eigenvalue weighted by molar-refractivity contribution is 5.91. The molecule has 1 atom stereocenters. The van der Waals surface area contributed by atoms with Crippen LogP contribution >= 0.6 is 0 Å². The van der Waals surface area contributed by atoms with Gasteiger partial charge in [0.25, 0.3) is 0 Å². The molecule has 0 aliphatic carbocycles. The number of tetrazole rings is 1. The van der Waals surface area contributed by atoms with Crippen LogP contribution in [0.4, 0.5) is 10.1 Å². The van der Waals surface area contributed by atoms with Crippen LogP contribution in [-0.2, 0) is 4.79 Å². The number of hydrogen-bond donors (Lipinski definition) is 2. The fraction of sp³-hybridized carbons (Fsp3) is 0.385. The van der Waals surface area contributed by atoms with Crippen LogP contribution in [0.2, 0.25) is 0 Å². The highest BCUT2D eigenvalue weighted by atomic mass is 19.1. The minimum Gasteiger partial charge on any atom is -0.323 e. The Morgan fingerprint density at radius 1 is 1.48 bits per heavy atom. The lowest BCUT2D eigenvalue weighted by Gasteiger charge is -2.13. The van der Waals surface area contributed by atoms with Crippen LogP contribution in [0.15, 0.2) is 24.5 Å². The molecule has 0 spiro atoms. The smallest absolute Gasteiger partial charge is 0.226 e. The Kier molecular flexibility index (Phi) is 4.94. The fourth-order valence-corrected chi connectivity index (χ4v) is 1.93. The maximum Gasteiger partial charge on any atom is 0.226 e. The molecule has 0 saturated heterocycles. The van der Waals surface area contributed by atoms with E-state index in [1.54, 1.807) is 0 Å². The number of halogens is 1. The van der Waals surface area contributed by atoms with E-state index in [0.29, 0.717) is 5.69 Å². The zero-order chi connectivity index (χ0) is 15.2. The first-order chi connectivity index (χ1) is 10.1. The van der Waals surface area contributed by atoms with Crippen molar-refractivity contribution in [2.75, 3.05) is 11.9 Å². The van der Waals surface area contributed by atoms with Crippen LogP contribution in [0.3, 0.4) is 0 Å². The first-order valence-corrected chi connectivity index (χ1v) is 6.66. The summed E-state index contributed by atoms with van der Waals surface area (Å²) in [6, 6.07) is 4.31. The number of anilines is 1. The second-order valence-corrected chi connectivity index (χ2v) is 4.63. The van der Waals surface area contributed by atoms with Crippen LogP contribution in [0.1, 0.15) is 20.3 Å². The largest absolute Gasteiger partial charge is 0.323 e. The van der Waals surface area contributed by atoms with Gasteiger partial charge in [-0.2, -0.15) is 0 Å². The number of amides is 1. The molecule has 0 aliphatic heterocycles. The highest BCUT2D eigenvalue weighted by Crippen LogP contribution is 2.18. The molecule has 7 nitrogen and oxygen atoms in total. The van der Waals surface area contributed by atoms with E-state index in [9.17, 15) is 9.18 Å². The van der Waals surface area contributed by atoms with Gasteiger partial charge in [0.2, 0.25) is 5.91 Å². The normalized spacial score (nSPS) is 12.1. The first kappa shape index (κ1) is 15.0. The third kappa shape index (κ3) is 4.06. The van der Waals surface area contributed by atoms with Crippen molar-refractivity contribution in [3.63, 3.8) is 0 Å². The van der Waals surface area contributed by atoms with Gasteiger partial charge >= 0.3 is 0 Å². The molecule has 21 heavy (non-hydrogen) atoms. The van der Waals surface area contributed by atoms with Gasteiger partial charge in [0, 0.05) is 12.5 Å². The number of aromatic nitrogens is 4. The summed E-state index contributed by atoms with van der Waals surface area (Å²) in [6.07, 6.45) is 1.66. The number of carbonyl (C=O) groups is 1. The minimum atomic E-state index is -0.503. The quantitative estimate of drug-likeness (QED) is 0.833. The second kappa shape index (κ2) is 6.89. The number of nitrogens with zero attached hydrogens (tertiary/aromatic N) is 4. The van der Waals surface area contributed by atoms with Crippen molar-refractivity contribution in [1.29, 1.82) is 0 Å². The van der Waals surface area contributed by atoms with Crippen molar-refractivity contribution in [3.8, 4) is 5.69 Å².